The lowest BCUT2D eigenvalue weighted by Crippen LogP contribution is -2.56. The van der Waals surface area contributed by atoms with Crippen LogP contribution in [0.1, 0.15) is 46.0 Å². The lowest BCUT2D eigenvalue weighted by molar-refractivity contribution is -0.152. The van der Waals surface area contributed by atoms with E-state index in [1.807, 2.05) is 62.4 Å². The molecule has 0 saturated carbocycles. The number of rotatable bonds is 16. The summed E-state index contributed by atoms with van der Waals surface area (Å²) in [6.07, 6.45) is 6.18. The molecule has 3 saturated heterocycles. The number of anilines is 1. The molecular formula is C37H46N6O6. The molecule has 260 valence electrons. The van der Waals surface area contributed by atoms with Gasteiger partial charge < -0.3 is 29.3 Å². The monoisotopic (exact) mass is 670 g/mol. The molecule has 2 unspecified atom stereocenters. The molecule has 3 fully saturated rings. The summed E-state index contributed by atoms with van der Waals surface area (Å²) in [6.45, 7) is 13.0. The van der Waals surface area contributed by atoms with Crippen molar-refractivity contribution in [1.29, 1.82) is 0 Å². The van der Waals surface area contributed by atoms with E-state index in [4.69, 9.17) is 9.47 Å². The number of aromatic nitrogens is 3. The molecule has 1 spiro atoms. The fraction of sp³-hybridized carbons (Fsp3) is 0.486. The molecular weight excluding hydrogens is 624 g/mol. The van der Waals surface area contributed by atoms with E-state index >= 15 is 0 Å². The standard InChI is InChI=1S/C37H46N6O6/c1-5-21-40(25-43-29-14-10-9-13-28(29)38-39-43)35(47)32-37-20-19-36(4,49-37)30(31(37)34(46)42(32)23-11-8-12-24-44)33(45)41(22-6-2)26-15-17-27(18-16-26)48-7-3/h5-6,9-10,13-18,30-32,44H,1-2,7-8,11-12,19-25H2,3-4H3/t30-,31+,32?,36+,37?/m1/s1. The van der Waals surface area contributed by atoms with Crippen LogP contribution in [0.2, 0.25) is 0 Å². The number of amides is 3. The zero-order chi connectivity index (χ0) is 34.8. The van der Waals surface area contributed by atoms with E-state index in [-0.39, 0.29) is 44.1 Å². The van der Waals surface area contributed by atoms with Crippen molar-refractivity contribution in [3.63, 3.8) is 0 Å². The summed E-state index contributed by atoms with van der Waals surface area (Å²) in [7, 11) is 0. The fourth-order valence-corrected chi connectivity index (χ4v) is 8.13. The van der Waals surface area contributed by atoms with Gasteiger partial charge in [0, 0.05) is 31.9 Å². The lowest BCUT2D eigenvalue weighted by Gasteiger charge is -2.37. The molecule has 5 atom stereocenters. The van der Waals surface area contributed by atoms with E-state index in [0.717, 1.165) is 5.52 Å². The largest absolute Gasteiger partial charge is 0.494 e. The zero-order valence-corrected chi connectivity index (χ0v) is 28.4. The number of carbonyl (C=O) groups excluding carboxylic acids is 3. The van der Waals surface area contributed by atoms with Crippen molar-refractivity contribution in [3.8, 4) is 5.75 Å². The SMILES string of the molecule is C=CCN(Cn1nnc2ccccc21)C(=O)C1N(CCCCCO)C(=O)[C@@H]2[C@H](C(=O)N(CC=C)c3ccc(OCC)cc3)[C@]3(C)CCC12O3. The predicted octanol–water partition coefficient (Wildman–Crippen LogP) is 3.95. The zero-order valence-electron chi connectivity index (χ0n) is 28.4. The Balaban J connectivity index is 1.37. The normalized spacial score (nSPS) is 25.4. The number of aliphatic hydroxyl groups excluding tert-OH is 1. The van der Waals surface area contributed by atoms with Crippen LogP contribution >= 0.6 is 0 Å². The van der Waals surface area contributed by atoms with Crippen LogP contribution in [0.4, 0.5) is 5.69 Å². The lowest BCUT2D eigenvalue weighted by atomic mass is 9.66. The van der Waals surface area contributed by atoms with Gasteiger partial charge in [-0.1, -0.05) is 29.5 Å². The molecule has 1 aromatic heterocycles. The van der Waals surface area contributed by atoms with Gasteiger partial charge in [0.05, 0.1) is 29.6 Å². The maximum Gasteiger partial charge on any atom is 0.250 e. The van der Waals surface area contributed by atoms with E-state index in [2.05, 4.69) is 23.5 Å². The maximum atomic E-state index is 14.9. The second-order valence-electron chi connectivity index (χ2n) is 13.3. The molecule has 12 nitrogen and oxygen atoms in total. The third kappa shape index (κ3) is 6.01. The van der Waals surface area contributed by atoms with Gasteiger partial charge in [0.2, 0.25) is 17.7 Å². The first kappa shape index (κ1) is 34.3. The summed E-state index contributed by atoms with van der Waals surface area (Å²) in [5.41, 5.74) is -0.00331. The van der Waals surface area contributed by atoms with Crippen LogP contribution in [0.15, 0.2) is 73.8 Å². The van der Waals surface area contributed by atoms with Gasteiger partial charge in [0.25, 0.3) is 0 Å². The molecule has 3 amide bonds. The maximum absolute atomic E-state index is 14.9. The van der Waals surface area contributed by atoms with Gasteiger partial charge in [-0.05, 0) is 82.3 Å². The third-order valence-corrected chi connectivity index (χ3v) is 10.3. The van der Waals surface area contributed by atoms with Gasteiger partial charge in [-0.2, -0.15) is 0 Å². The Labute approximate surface area is 286 Å². The highest BCUT2D eigenvalue weighted by Crippen LogP contribution is 2.63. The number of nitrogens with zero attached hydrogens (tertiary/aromatic N) is 6. The first-order valence-corrected chi connectivity index (χ1v) is 17.2. The molecule has 12 heteroatoms. The van der Waals surface area contributed by atoms with Gasteiger partial charge in [-0.25, -0.2) is 4.68 Å². The van der Waals surface area contributed by atoms with Crippen molar-refractivity contribution < 1.29 is 29.0 Å². The topological polar surface area (TPSA) is 130 Å². The first-order chi connectivity index (χ1) is 23.7. The number of carbonyl (C=O) groups is 3. The Bertz CT molecular complexity index is 1710. The average Bonchev–Trinajstić information content (AvgIpc) is 3.81. The van der Waals surface area contributed by atoms with E-state index in [9.17, 15) is 19.5 Å². The summed E-state index contributed by atoms with van der Waals surface area (Å²) < 4.78 is 14.2. The van der Waals surface area contributed by atoms with Gasteiger partial charge >= 0.3 is 0 Å². The van der Waals surface area contributed by atoms with Crippen LogP contribution in [0.25, 0.3) is 11.0 Å². The van der Waals surface area contributed by atoms with Crippen LogP contribution in [-0.2, 0) is 25.8 Å². The van der Waals surface area contributed by atoms with E-state index in [1.165, 1.54) is 0 Å². The Morgan fingerprint density at radius 2 is 1.82 bits per heavy atom. The molecule has 3 aromatic rings. The summed E-state index contributed by atoms with van der Waals surface area (Å²) in [5, 5.41) is 18.0. The Hall–Kier alpha value is -4.55. The second-order valence-corrected chi connectivity index (χ2v) is 13.3. The Morgan fingerprint density at radius 3 is 2.53 bits per heavy atom. The van der Waals surface area contributed by atoms with E-state index in [0.29, 0.717) is 62.2 Å². The molecule has 3 aliphatic heterocycles. The molecule has 2 bridgehead atoms. The highest BCUT2D eigenvalue weighted by atomic mass is 16.5. The number of hydrogen-bond acceptors (Lipinski definition) is 8. The van der Waals surface area contributed by atoms with Gasteiger partial charge in [-0.15, -0.1) is 18.3 Å². The van der Waals surface area contributed by atoms with Gasteiger partial charge in [0.15, 0.2) is 0 Å². The van der Waals surface area contributed by atoms with Crippen molar-refractivity contribution >= 4 is 34.4 Å². The van der Waals surface area contributed by atoms with Crippen molar-refractivity contribution in [2.45, 2.75) is 69.9 Å². The molecule has 4 heterocycles. The van der Waals surface area contributed by atoms with E-state index < -0.39 is 29.1 Å². The minimum Gasteiger partial charge on any atom is -0.494 e. The highest BCUT2D eigenvalue weighted by molar-refractivity contribution is 6.03. The van der Waals surface area contributed by atoms with Crippen LogP contribution < -0.4 is 9.64 Å². The first-order valence-electron chi connectivity index (χ1n) is 17.2. The molecule has 1 N–H and O–H groups in total. The minimum absolute atomic E-state index is 0.0462. The average molecular weight is 671 g/mol. The Kier molecular flexibility index (Phi) is 9.89. The van der Waals surface area contributed by atoms with Crippen molar-refractivity contribution in [3.05, 3.63) is 73.8 Å². The number of fused-ring (bicyclic) bond motifs is 2. The van der Waals surface area contributed by atoms with Crippen LogP contribution in [0.3, 0.4) is 0 Å². The van der Waals surface area contributed by atoms with Crippen LogP contribution in [-0.4, -0.2) is 97.7 Å². The van der Waals surface area contributed by atoms with Gasteiger partial charge in [0.1, 0.15) is 29.6 Å². The molecule has 2 aromatic carbocycles. The number of unbranched alkanes of at least 4 members (excludes halogenated alkanes) is 2. The smallest absolute Gasteiger partial charge is 0.250 e. The van der Waals surface area contributed by atoms with E-state index in [1.54, 1.807) is 31.5 Å². The number of para-hydroxylation sites is 1. The minimum atomic E-state index is -1.19. The summed E-state index contributed by atoms with van der Waals surface area (Å²) in [6, 6.07) is 13.9. The molecule has 49 heavy (non-hydrogen) atoms. The summed E-state index contributed by atoms with van der Waals surface area (Å²) in [5.74, 6) is -1.75. The quantitative estimate of drug-likeness (QED) is 0.179. The number of hydrogen-bond donors (Lipinski definition) is 1. The fourth-order valence-electron chi connectivity index (χ4n) is 8.13. The molecule has 3 aliphatic rings. The summed E-state index contributed by atoms with van der Waals surface area (Å²) >= 11 is 0. The van der Waals surface area contributed by atoms with Crippen molar-refractivity contribution in [1.82, 2.24) is 24.8 Å². The number of likely N-dealkylation sites (tertiary alicyclic amines) is 1. The second kappa shape index (κ2) is 14.1. The Morgan fingerprint density at radius 1 is 1.06 bits per heavy atom. The third-order valence-electron chi connectivity index (χ3n) is 10.3. The molecule has 6 rings (SSSR count). The number of ether oxygens (including phenoxy) is 2. The van der Waals surface area contributed by atoms with Crippen molar-refractivity contribution in [2.24, 2.45) is 11.8 Å². The molecule has 0 radical (unpaired) electrons. The summed E-state index contributed by atoms with van der Waals surface area (Å²) in [4.78, 5) is 49.2. The number of aliphatic hydroxyl groups is 1. The predicted molar refractivity (Wildman–Crippen MR) is 184 cm³/mol. The van der Waals surface area contributed by atoms with Crippen LogP contribution in [0.5, 0.6) is 5.75 Å². The highest BCUT2D eigenvalue weighted by Gasteiger charge is 2.78. The molecule has 0 aliphatic carbocycles. The van der Waals surface area contributed by atoms with Crippen molar-refractivity contribution in [2.75, 3.05) is 37.7 Å². The van der Waals surface area contributed by atoms with Gasteiger partial charge in [-0.3, -0.25) is 14.4 Å². The van der Waals surface area contributed by atoms with Crippen LogP contribution in [0, 0.1) is 11.8 Å². The number of benzene rings is 2.